The van der Waals surface area contributed by atoms with Crippen molar-refractivity contribution in [2.24, 2.45) is 0 Å². The maximum absolute atomic E-state index is 12.2. The summed E-state index contributed by atoms with van der Waals surface area (Å²) < 4.78 is 0. The molecule has 0 saturated carbocycles. The molecule has 0 saturated heterocycles. The Morgan fingerprint density at radius 1 is 1.53 bits per heavy atom. The molecule has 0 aliphatic carbocycles. The minimum atomic E-state index is -0.128. The minimum Gasteiger partial charge on any atom is -0.373 e. The Morgan fingerprint density at radius 2 is 2.24 bits per heavy atom. The van der Waals surface area contributed by atoms with Crippen LogP contribution in [0.5, 0.6) is 0 Å². The molecule has 0 unspecified atom stereocenters. The van der Waals surface area contributed by atoms with Crippen molar-refractivity contribution in [1.29, 1.82) is 0 Å². The fraction of sp³-hybridized carbons (Fsp3) is 0.357. The summed E-state index contributed by atoms with van der Waals surface area (Å²) in [6.45, 7) is 6.38. The Hall–Kier alpha value is -1.77. The molecule has 3 heteroatoms. The van der Waals surface area contributed by atoms with E-state index >= 15 is 0 Å². The summed E-state index contributed by atoms with van der Waals surface area (Å²) in [4.78, 5) is 13.9. The van der Waals surface area contributed by atoms with Crippen molar-refractivity contribution in [1.82, 2.24) is 4.90 Å². The predicted molar refractivity (Wildman–Crippen MR) is 70.0 cm³/mol. The first kappa shape index (κ1) is 11.7. The van der Waals surface area contributed by atoms with E-state index < -0.39 is 0 Å². The fourth-order valence-corrected chi connectivity index (χ4v) is 2.20. The summed E-state index contributed by atoms with van der Waals surface area (Å²) in [5, 5.41) is 3.27. The van der Waals surface area contributed by atoms with Crippen LogP contribution in [-0.4, -0.2) is 30.4 Å². The number of hydrogen-bond acceptors (Lipinski definition) is 2. The normalized spacial score (nSPS) is 17.2. The third kappa shape index (κ3) is 2.49. The van der Waals surface area contributed by atoms with Crippen LogP contribution in [0.3, 0.4) is 0 Å². The van der Waals surface area contributed by atoms with E-state index in [4.69, 9.17) is 0 Å². The topological polar surface area (TPSA) is 32.3 Å². The maximum atomic E-state index is 12.2. The molecule has 3 nitrogen and oxygen atoms in total. The van der Waals surface area contributed by atoms with Crippen LogP contribution >= 0.6 is 0 Å². The molecule has 1 aromatic carbocycles. The lowest BCUT2D eigenvalue weighted by Gasteiger charge is -2.21. The van der Waals surface area contributed by atoms with Gasteiger partial charge in [0.15, 0.2) is 0 Å². The van der Waals surface area contributed by atoms with Gasteiger partial charge in [-0.25, -0.2) is 0 Å². The molecular weight excluding hydrogens is 212 g/mol. The molecule has 1 aromatic rings. The molecule has 1 N–H and O–H groups in total. The molecule has 17 heavy (non-hydrogen) atoms. The SMILES string of the molecule is C=C(C)CN(C)C(=O)[C@@H]1Cc2ccccc2N1. The van der Waals surface area contributed by atoms with Gasteiger partial charge in [-0.2, -0.15) is 0 Å². The van der Waals surface area contributed by atoms with Crippen LogP contribution < -0.4 is 5.32 Å². The predicted octanol–water partition coefficient (Wildman–Crippen LogP) is 2.06. The van der Waals surface area contributed by atoms with Crippen molar-refractivity contribution in [2.45, 2.75) is 19.4 Å². The molecule has 1 amide bonds. The number of benzene rings is 1. The molecule has 1 heterocycles. The van der Waals surface area contributed by atoms with Crippen molar-refractivity contribution in [3.05, 3.63) is 42.0 Å². The Morgan fingerprint density at radius 3 is 2.88 bits per heavy atom. The van der Waals surface area contributed by atoms with E-state index in [1.807, 2.05) is 32.2 Å². The third-order valence-corrected chi connectivity index (χ3v) is 2.95. The van der Waals surface area contributed by atoms with Crippen LogP contribution in [0, 0.1) is 0 Å². The lowest BCUT2D eigenvalue weighted by molar-refractivity contribution is -0.130. The highest BCUT2D eigenvalue weighted by molar-refractivity contribution is 5.87. The Labute approximate surface area is 102 Å². The van der Waals surface area contributed by atoms with Gasteiger partial charge in [0.1, 0.15) is 6.04 Å². The Kier molecular flexibility index (Phi) is 3.18. The second-order valence-corrected chi connectivity index (χ2v) is 4.71. The molecular formula is C14H18N2O. The van der Waals surface area contributed by atoms with Crippen molar-refractivity contribution < 1.29 is 4.79 Å². The van der Waals surface area contributed by atoms with Crippen LogP contribution in [0.1, 0.15) is 12.5 Å². The molecule has 1 aliphatic heterocycles. The monoisotopic (exact) mass is 230 g/mol. The first-order valence-electron chi connectivity index (χ1n) is 5.81. The van der Waals surface area contributed by atoms with Crippen molar-refractivity contribution in [2.75, 3.05) is 18.9 Å². The van der Waals surface area contributed by atoms with Gasteiger partial charge in [0.05, 0.1) is 0 Å². The molecule has 0 radical (unpaired) electrons. The number of anilines is 1. The average molecular weight is 230 g/mol. The average Bonchev–Trinajstić information content (AvgIpc) is 2.70. The second kappa shape index (κ2) is 4.62. The summed E-state index contributed by atoms with van der Waals surface area (Å²) >= 11 is 0. The molecule has 0 aromatic heterocycles. The molecule has 0 spiro atoms. The van der Waals surface area contributed by atoms with Crippen molar-refractivity contribution in [3.8, 4) is 0 Å². The number of amides is 1. The van der Waals surface area contributed by atoms with Gasteiger partial charge in [-0.15, -0.1) is 0 Å². The van der Waals surface area contributed by atoms with Crippen molar-refractivity contribution >= 4 is 11.6 Å². The summed E-state index contributed by atoms with van der Waals surface area (Å²) in [5.41, 5.74) is 3.29. The number of carbonyl (C=O) groups is 1. The van der Waals surface area contributed by atoms with E-state index in [9.17, 15) is 4.79 Å². The quantitative estimate of drug-likeness (QED) is 0.806. The smallest absolute Gasteiger partial charge is 0.245 e. The van der Waals surface area contributed by atoms with Crippen LogP contribution in [-0.2, 0) is 11.2 Å². The van der Waals surface area contributed by atoms with E-state index in [0.717, 1.165) is 17.7 Å². The number of hydrogen-bond donors (Lipinski definition) is 1. The highest BCUT2D eigenvalue weighted by Crippen LogP contribution is 2.25. The minimum absolute atomic E-state index is 0.128. The van der Waals surface area contributed by atoms with E-state index in [2.05, 4.69) is 18.0 Å². The number of nitrogens with zero attached hydrogens (tertiary/aromatic N) is 1. The number of para-hydroxylation sites is 1. The number of nitrogens with one attached hydrogen (secondary N) is 1. The van der Waals surface area contributed by atoms with Gasteiger partial charge in [0.25, 0.3) is 0 Å². The van der Waals surface area contributed by atoms with Gasteiger partial charge in [0, 0.05) is 25.7 Å². The van der Waals surface area contributed by atoms with Crippen molar-refractivity contribution in [3.63, 3.8) is 0 Å². The van der Waals surface area contributed by atoms with E-state index in [1.165, 1.54) is 5.56 Å². The zero-order valence-electron chi connectivity index (χ0n) is 10.4. The van der Waals surface area contributed by atoms with Gasteiger partial charge < -0.3 is 10.2 Å². The molecule has 0 fully saturated rings. The van der Waals surface area contributed by atoms with Crippen LogP contribution in [0.2, 0.25) is 0 Å². The molecule has 0 bridgehead atoms. The number of fused-ring (bicyclic) bond motifs is 1. The van der Waals surface area contributed by atoms with E-state index in [0.29, 0.717) is 6.54 Å². The summed E-state index contributed by atoms with van der Waals surface area (Å²) in [5.74, 6) is 0.129. The lowest BCUT2D eigenvalue weighted by atomic mass is 10.1. The summed E-state index contributed by atoms with van der Waals surface area (Å²) in [6, 6.07) is 7.94. The maximum Gasteiger partial charge on any atom is 0.245 e. The highest BCUT2D eigenvalue weighted by Gasteiger charge is 2.28. The zero-order chi connectivity index (χ0) is 12.4. The van der Waals surface area contributed by atoms with Gasteiger partial charge in [-0.3, -0.25) is 4.79 Å². The molecule has 90 valence electrons. The van der Waals surface area contributed by atoms with Crippen LogP contribution in [0.25, 0.3) is 0 Å². The molecule has 2 rings (SSSR count). The van der Waals surface area contributed by atoms with Gasteiger partial charge in [-0.1, -0.05) is 30.4 Å². The second-order valence-electron chi connectivity index (χ2n) is 4.71. The number of carbonyl (C=O) groups excluding carboxylic acids is 1. The molecule has 1 atom stereocenters. The first-order valence-corrected chi connectivity index (χ1v) is 5.81. The van der Waals surface area contributed by atoms with E-state index in [1.54, 1.807) is 4.90 Å². The Balaban J connectivity index is 2.03. The van der Waals surface area contributed by atoms with Crippen LogP contribution in [0.15, 0.2) is 36.4 Å². The Bertz CT molecular complexity index is 428. The largest absolute Gasteiger partial charge is 0.373 e. The summed E-state index contributed by atoms with van der Waals surface area (Å²) in [7, 11) is 1.82. The number of rotatable bonds is 3. The summed E-state index contributed by atoms with van der Waals surface area (Å²) in [6.07, 6.45) is 0.773. The third-order valence-electron chi connectivity index (χ3n) is 2.95. The molecule has 1 aliphatic rings. The zero-order valence-corrected chi connectivity index (χ0v) is 10.4. The fourth-order valence-electron chi connectivity index (χ4n) is 2.20. The number of likely N-dealkylation sites (N-methyl/N-ethyl adjacent to an activating group) is 1. The van der Waals surface area contributed by atoms with Crippen LogP contribution in [0.4, 0.5) is 5.69 Å². The van der Waals surface area contributed by atoms with Gasteiger partial charge >= 0.3 is 0 Å². The van der Waals surface area contributed by atoms with Gasteiger partial charge in [-0.05, 0) is 18.6 Å². The standard InChI is InChI=1S/C14H18N2O/c1-10(2)9-16(3)14(17)13-8-11-6-4-5-7-12(11)15-13/h4-7,13,15H,1,8-9H2,2-3H3/t13-/m0/s1. The first-order chi connectivity index (χ1) is 8.08. The van der Waals surface area contributed by atoms with E-state index in [-0.39, 0.29) is 11.9 Å². The lowest BCUT2D eigenvalue weighted by Crippen LogP contribution is -2.40. The highest BCUT2D eigenvalue weighted by atomic mass is 16.2. The van der Waals surface area contributed by atoms with Gasteiger partial charge in [0.2, 0.25) is 5.91 Å².